The van der Waals surface area contributed by atoms with Crippen molar-refractivity contribution in [3.8, 4) is 11.5 Å². The Balaban J connectivity index is 1.68. The Labute approximate surface area is 121 Å². The highest BCUT2D eigenvalue weighted by atomic mass is 35.5. The molecular weight excluding hydrogens is 280 g/mol. The number of hydrogen-bond acceptors (Lipinski definition) is 4. The molecule has 0 saturated carbocycles. The number of hydrogen-bond donors (Lipinski definition) is 2. The minimum absolute atomic E-state index is 0.139. The van der Waals surface area contributed by atoms with E-state index in [-0.39, 0.29) is 12.7 Å². The molecule has 2 heterocycles. The molecule has 6 heteroatoms. The molecule has 5 nitrogen and oxygen atoms in total. The Bertz CT molecular complexity index is 572. The van der Waals surface area contributed by atoms with E-state index in [4.69, 9.17) is 21.1 Å². The highest BCUT2D eigenvalue weighted by molar-refractivity contribution is 6.32. The molecule has 20 heavy (non-hydrogen) atoms. The number of amides is 1. The summed E-state index contributed by atoms with van der Waals surface area (Å²) >= 11 is 6.06. The van der Waals surface area contributed by atoms with Crippen molar-refractivity contribution in [3.63, 3.8) is 0 Å². The lowest BCUT2D eigenvalue weighted by Gasteiger charge is -2.14. The van der Waals surface area contributed by atoms with Crippen LogP contribution in [0.5, 0.6) is 11.5 Å². The zero-order valence-electron chi connectivity index (χ0n) is 10.9. The van der Waals surface area contributed by atoms with Gasteiger partial charge in [-0.05, 0) is 25.1 Å². The molecule has 2 N–H and O–H groups in total. The fourth-order valence-electron chi connectivity index (χ4n) is 2.22. The Morgan fingerprint density at radius 1 is 1.40 bits per heavy atom. The van der Waals surface area contributed by atoms with E-state index in [0.29, 0.717) is 28.6 Å². The average Bonchev–Trinajstić information content (AvgIpc) is 2.95. The number of ether oxygens (including phenoxy) is 2. The van der Waals surface area contributed by atoms with Crippen LogP contribution in [0.3, 0.4) is 0 Å². The first kappa shape index (κ1) is 13.3. The lowest BCUT2D eigenvalue weighted by atomic mass is 10.1. The number of benzene rings is 1. The smallest absolute Gasteiger partial charge is 0.251 e. The van der Waals surface area contributed by atoms with Crippen molar-refractivity contribution in [1.82, 2.24) is 10.6 Å². The van der Waals surface area contributed by atoms with E-state index in [1.54, 1.807) is 12.1 Å². The molecule has 0 aromatic heterocycles. The molecule has 0 fully saturated rings. The Morgan fingerprint density at radius 3 is 3.10 bits per heavy atom. The van der Waals surface area contributed by atoms with Crippen LogP contribution in [-0.2, 0) is 0 Å². The van der Waals surface area contributed by atoms with Crippen LogP contribution in [0.25, 0.3) is 0 Å². The number of fused-ring (bicyclic) bond motifs is 1. The van der Waals surface area contributed by atoms with Gasteiger partial charge in [-0.2, -0.15) is 0 Å². The summed E-state index contributed by atoms with van der Waals surface area (Å²) in [5, 5.41) is 6.52. The van der Waals surface area contributed by atoms with Crippen molar-refractivity contribution >= 4 is 17.5 Å². The van der Waals surface area contributed by atoms with Crippen LogP contribution in [0.2, 0.25) is 5.02 Å². The van der Waals surface area contributed by atoms with Crippen LogP contribution in [0.4, 0.5) is 0 Å². The second-order valence-corrected chi connectivity index (χ2v) is 5.10. The van der Waals surface area contributed by atoms with Crippen LogP contribution >= 0.6 is 11.6 Å². The maximum atomic E-state index is 12.1. The van der Waals surface area contributed by atoms with Gasteiger partial charge < -0.3 is 20.1 Å². The Morgan fingerprint density at radius 2 is 2.30 bits per heavy atom. The lowest BCUT2D eigenvalue weighted by molar-refractivity contribution is 0.0956. The molecule has 0 saturated heterocycles. The van der Waals surface area contributed by atoms with E-state index in [9.17, 15) is 4.79 Å². The predicted molar refractivity (Wildman–Crippen MR) is 75.5 cm³/mol. The maximum Gasteiger partial charge on any atom is 0.251 e. The fraction of sp³-hybridized carbons (Fsp3) is 0.357. The summed E-state index contributed by atoms with van der Waals surface area (Å²) in [6, 6.07) is 3.25. The van der Waals surface area contributed by atoms with Crippen LogP contribution in [0, 0.1) is 0 Å². The molecule has 0 atom stereocenters. The summed E-state index contributed by atoms with van der Waals surface area (Å²) < 4.78 is 10.5. The van der Waals surface area contributed by atoms with Gasteiger partial charge in [0.15, 0.2) is 11.5 Å². The standard InChI is InChI=1S/C14H15ClN2O3/c15-11-5-10(6-12-13(11)20-8-19-12)14(18)17-7-9-1-3-16-4-2-9/h1,5-6,16H,2-4,7-8H2,(H,17,18). The fourth-order valence-corrected chi connectivity index (χ4v) is 2.49. The molecule has 3 rings (SSSR count). The second kappa shape index (κ2) is 5.73. The van der Waals surface area contributed by atoms with E-state index in [0.717, 1.165) is 19.5 Å². The van der Waals surface area contributed by atoms with Gasteiger partial charge in [0.1, 0.15) is 0 Å². The van der Waals surface area contributed by atoms with Crippen molar-refractivity contribution in [1.29, 1.82) is 0 Å². The molecule has 2 aliphatic heterocycles. The summed E-state index contributed by atoms with van der Waals surface area (Å²) in [7, 11) is 0. The SMILES string of the molecule is O=C(NCC1=CCNCC1)c1cc(Cl)c2c(c1)OCO2. The van der Waals surface area contributed by atoms with Crippen molar-refractivity contribution < 1.29 is 14.3 Å². The minimum Gasteiger partial charge on any atom is -0.454 e. The predicted octanol–water partition coefficient (Wildman–Crippen LogP) is 1.72. The van der Waals surface area contributed by atoms with Crippen LogP contribution < -0.4 is 20.1 Å². The number of halogens is 1. The number of carbonyl (C=O) groups is 1. The van der Waals surface area contributed by atoms with Gasteiger partial charge in [0.05, 0.1) is 5.02 Å². The summed E-state index contributed by atoms with van der Waals surface area (Å²) in [6.07, 6.45) is 3.07. The molecule has 0 bridgehead atoms. The normalized spacial score (nSPS) is 16.8. The third-order valence-corrected chi connectivity index (χ3v) is 3.60. The van der Waals surface area contributed by atoms with Crippen molar-refractivity contribution in [3.05, 3.63) is 34.4 Å². The third-order valence-electron chi connectivity index (χ3n) is 3.32. The topological polar surface area (TPSA) is 59.6 Å². The summed E-state index contributed by atoms with van der Waals surface area (Å²) in [6.45, 7) is 2.52. The highest BCUT2D eigenvalue weighted by Gasteiger charge is 2.20. The van der Waals surface area contributed by atoms with Crippen LogP contribution in [0.1, 0.15) is 16.8 Å². The molecule has 2 aliphatic rings. The first-order valence-corrected chi connectivity index (χ1v) is 6.88. The Kier molecular flexibility index (Phi) is 3.80. The van der Waals surface area contributed by atoms with Gasteiger partial charge in [-0.1, -0.05) is 23.3 Å². The Hall–Kier alpha value is -1.72. The van der Waals surface area contributed by atoms with E-state index in [2.05, 4.69) is 16.7 Å². The van der Waals surface area contributed by atoms with E-state index in [1.807, 2.05) is 0 Å². The molecule has 0 unspecified atom stereocenters. The molecular formula is C14H15ClN2O3. The van der Waals surface area contributed by atoms with Crippen LogP contribution in [-0.4, -0.2) is 32.3 Å². The van der Waals surface area contributed by atoms with Gasteiger partial charge in [0, 0.05) is 18.7 Å². The zero-order chi connectivity index (χ0) is 13.9. The largest absolute Gasteiger partial charge is 0.454 e. The summed E-state index contributed by atoms with van der Waals surface area (Å²) in [5.41, 5.74) is 1.72. The molecule has 1 aromatic rings. The van der Waals surface area contributed by atoms with Crippen LogP contribution in [0.15, 0.2) is 23.8 Å². The van der Waals surface area contributed by atoms with Crippen molar-refractivity contribution in [2.75, 3.05) is 26.4 Å². The van der Waals surface area contributed by atoms with Gasteiger partial charge >= 0.3 is 0 Å². The molecule has 1 aromatic carbocycles. The monoisotopic (exact) mass is 294 g/mol. The molecule has 106 valence electrons. The van der Waals surface area contributed by atoms with Gasteiger partial charge in [-0.25, -0.2) is 0 Å². The second-order valence-electron chi connectivity index (χ2n) is 4.69. The van der Waals surface area contributed by atoms with Crippen molar-refractivity contribution in [2.45, 2.75) is 6.42 Å². The minimum atomic E-state index is -0.162. The average molecular weight is 295 g/mol. The maximum absolute atomic E-state index is 12.1. The first-order valence-electron chi connectivity index (χ1n) is 6.50. The van der Waals surface area contributed by atoms with Gasteiger partial charge in [0.25, 0.3) is 5.91 Å². The van der Waals surface area contributed by atoms with E-state index in [1.165, 1.54) is 5.57 Å². The van der Waals surface area contributed by atoms with E-state index < -0.39 is 0 Å². The van der Waals surface area contributed by atoms with Crippen molar-refractivity contribution in [2.24, 2.45) is 0 Å². The number of rotatable bonds is 3. The molecule has 0 spiro atoms. The van der Waals surface area contributed by atoms with Gasteiger partial charge in [0.2, 0.25) is 6.79 Å². The van der Waals surface area contributed by atoms with Gasteiger partial charge in [-0.3, -0.25) is 4.79 Å². The molecule has 1 amide bonds. The zero-order valence-corrected chi connectivity index (χ0v) is 11.6. The summed E-state index contributed by atoms with van der Waals surface area (Å²) in [4.78, 5) is 12.1. The van der Waals surface area contributed by atoms with Gasteiger partial charge in [-0.15, -0.1) is 0 Å². The molecule has 0 aliphatic carbocycles. The number of carbonyl (C=O) groups excluding carboxylic acids is 1. The quantitative estimate of drug-likeness (QED) is 0.834. The highest BCUT2D eigenvalue weighted by Crippen LogP contribution is 2.39. The third kappa shape index (κ3) is 2.73. The molecule has 0 radical (unpaired) electrons. The summed E-state index contributed by atoms with van der Waals surface area (Å²) in [5.74, 6) is 0.859. The lowest BCUT2D eigenvalue weighted by Crippen LogP contribution is -2.29. The van der Waals surface area contributed by atoms with E-state index >= 15 is 0 Å². The first-order chi connectivity index (χ1) is 9.74. The number of nitrogens with one attached hydrogen (secondary N) is 2.